The lowest BCUT2D eigenvalue weighted by atomic mass is 10.1. The average Bonchev–Trinajstić information content (AvgIpc) is 3.22. The van der Waals surface area contributed by atoms with Crippen molar-refractivity contribution < 1.29 is 0 Å². The highest BCUT2D eigenvalue weighted by atomic mass is 32.2. The van der Waals surface area contributed by atoms with Crippen LogP contribution in [0.15, 0.2) is 41.0 Å². The number of thiazole rings is 1. The van der Waals surface area contributed by atoms with Gasteiger partial charge in [-0.05, 0) is 37.4 Å². The third kappa shape index (κ3) is 5.00. The van der Waals surface area contributed by atoms with E-state index in [4.69, 9.17) is 5.73 Å². The summed E-state index contributed by atoms with van der Waals surface area (Å²) in [5, 5.41) is 0. The van der Waals surface area contributed by atoms with Gasteiger partial charge in [0.2, 0.25) is 5.95 Å². The number of benzene rings is 1. The second-order valence-corrected chi connectivity index (χ2v) is 8.38. The van der Waals surface area contributed by atoms with Gasteiger partial charge < -0.3 is 10.6 Å². The number of thioether (sulfide) groups is 1. The predicted octanol–water partition coefficient (Wildman–Crippen LogP) is 3.66. The summed E-state index contributed by atoms with van der Waals surface area (Å²) in [5.41, 5.74) is 9.21. The molecule has 2 aromatic heterocycles. The topological polar surface area (TPSA) is 71.2 Å². The van der Waals surface area contributed by atoms with Crippen LogP contribution in [0.25, 0.3) is 10.2 Å². The molecule has 8 heteroatoms. The van der Waals surface area contributed by atoms with Gasteiger partial charge in [0.05, 0.1) is 15.7 Å². The van der Waals surface area contributed by atoms with Crippen LogP contribution >= 0.6 is 23.1 Å². The first-order valence-corrected chi connectivity index (χ1v) is 11.6. The fraction of sp³-hybridized carbons (Fsp3) is 0.450. The van der Waals surface area contributed by atoms with Crippen LogP contribution in [-0.4, -0.2) is 58.8 Å². The Balaban J connectivity index is 0.000000706. The Bertz CT molecular complexity index is 859. The first-order valence-electron chi connectivity index (χ1n) is 9.54. The maximum absolute atomic E-state index is 4.85. The molecule has 2 N–H and O–H groups in total. The molecule has 3 heterocycles. The van der Waals surface area contributed by atoms with Crippen LogP contribution in [0.3, 0.4) is 0 Å². The van der Waals surface area contributed by atoms with E-state index in [2.05, 4.69) is 49.9 Å². The molecule has 6 nitrogen and oxygen atoms in total. The van der Waals surface area contributed by atoms with Gasteiger partial charge in [0.25, 0.3) is 0 Å². The van der Waals surface area contributed by atoms with Gasteiger partial charge in [0.1, 0.15) is 0 Å². The second-order valence-electron chi connectivity index (χ2n) is 6.61. The summed E-state index contributed by atoms with van der Waals surface area (Å²) in [6, 6.07) is 7.05. The van der Waals surface area contributed by atoms with Crippen molar-refractivity contribution in [2.75, 3.05) is 43.9 Å². The van der Waals surface area contributed by atoms with Gasteiger partial charge in [0.15, 0.2) is 0 Å². The van der Waals surface area contributed by atoms with E-state index in [1.54, 1.807) is 23.1 Å². The Morgan fingerprint density at radius 2 is 1.82 bits per heavy atom. The van der Waals surface area contributed by atoms with E-state index in [0.717, 1.165) is 49.1 Å². The number of fused-ring (bicyclic) bond motifs is 1. The minimum absolute atomic E-state index is 0.396. The number of nitrogens with two attached hydrogens (primary N) is 1. The van der Waals surface area contributed by atoms with Crippen molar-refractivity contribution in [1.82, 2.24) is 19.9 Å². The molecule has 1 saturated heterocycles. The highest BCUT2D eigenvalue weighted by molar-refractivity contribution is 7.98. The van der Waals surface area contributed by atoms with E-state index in [1.807, 2.05) is 31.1 Å². The predicted molar refractivity (Wildman–Crippen MR) is 120 cm³/mol. The van der Waals surface area contributed by atoms with E-state index < -0.39 is 0 Å². The van der Waals surface area contributed by atoms with E-state index >= 15 is 0 Å². The van der Waals surface area contributed by atoms with Gasteiger partial charge >= 0.3 is 0 Å². The van der Waals surface area contributed by atoms with Crippen molar-refractivity contribution in [2.45, 2.75) is 24.8 Å². The van der Waals surface area contributed by atoms with Crippen LogP contribution in [0.1, 0.15) is 25.5 Å². The second kappa shape index (κ2) is 10.2. The number of anilines is 1. The van der Waals surface area contributed by atoms with E-state index in [0.29, 0.717) is 6.04 Å². The quantitative estimate of drug-likeness (QED) is 0.651. The summed E-state index contributed by atoms with van der Waals surface area (Å²) in [4.78, 5) is 19.3. The number of rotatable bonds is 4. The molecule has 1 aliphatic rings. The third-order valence-corrected chi connectivity index (χ3v) is 6.32. The van der Waals surface area contributed by atoms with Gasteiger partial charge in [0, 0.05) is 49.5 Å². The lowest BCUT2D eigenvalue weighted by Crippen LogP contribution is -2.47. The first kappa shape index (κ1) is 21.0. The maximum atomic E-state index is 4.85. The molecule has 0 saturated carbocycles. The number of hydrogen-bond acceptors (Lipinski definition) is 8. The lowest BCUT2D eigenvalue weighted by Gasteiger charge is -2.38. The molecule has 0 bridgehead atoms. The van der Waals surface area contributed by atoms with Crippen LogP contribution in [0.4, 0.5) is 5.95 Å². The van der Waals surface area contributed by atoms with Crippen molar-refractivity contribution in [3.05, 3.63) is 41.7 Å². The molecule has 3 aromatic rings. The zero-order chi connectivity index (χ0) is 19.9. The Hall–Kier alpha value is -1.74. The standard InChI is InChI=1S/C18H21N5S2.C2H7N/c1-13(14-3-4-17-16(9-14)21-12-25-17)22-5-7-23(8-6-22)18-19-10-15(24-2)11-20-18;1-2-3/h3-4,9-13H,5-8H2,1-2H3;2-3H2,1H3. The summed E-state index contributed by atoms with van der Waals surface area (Å²) < 4.78 is 1.26. The summed E-state index contributed by atoms with van der Waals surface area (Å²) in [5.74, 6) is 0.842. The normalized spacial score (nSPS) is 15.9. The number of nitrogens with zero attached hydrogens (tertiary/aromatic N) is 5. The molecule has 0 spiro atoms. The fourth-order valence-electron chi connectivity index (χ4n) is 3.23. The molecule has 0 radical (unpaired) electrons. The van der Waals surface area contributed by atoms with E-state index in [1.165, 1.54) is 10.3 Å². The molecule has 150 valence electrons. The molecule has 1 aromatic carbocycles. The van der Waals surface area contributed by atoms with Crippen LogP contribution in [0.5, 0.6) is 0 Å². The highest BCUT2D eigenvalue weighted by Crippen LogP contribution is 2.27. The maximum Gasteiger partial charge on any atom is 0.225 e. The summed E-state index contributed by atoms with van der Waals surface area (Å²) in [6.45, 7) is 8.89. The van der Waals surface area contributed by atoms with Crippen LogP contribution < -0.4 is 10.6 Å². The van der Waals surface area contributed by atoms with Crippen molar-refractivity contribution in [3.63, 3.8) is 0 Å². The first-order chi connectivity index (χ1) is 13.7. The molecule has 4 rings (SSSR count). The number of piperazine rings is 1. The summed E-state index contributed by atoms with van der Waals surface area (Å²) in [7, 11) is 0. The molecule has 1 atom stereocenters. The van der Waals surface area contributed by atoms with Gasteiger partial charge in [-0.25, -0.2) is 15.0 Å². The lowest BCUT2D eigenvalue weighted by molar-refractivity contribution is 0.198. The Kier molecular flexibility index (Phi) is 7.61. The van der Waals surface area contributed by atoms with Crippen LogP contribution in [0, 0.1) is 0 Å². The molecule has 1 aliphatic heterocycles. The molecule has 28 heavy (non-hydrogen) atoms. The molecular weight excluding hydrogens is 388 g/mol. The molecule has 1 unspecified atom stereocenters. The van der Waals surface area contributed by atoms with Crippen LogP contribution in [-0.2, 0) is 0 Å². The van der Waals surface area contributed by atoms with E-state index in [9.17, 15) is 0 Å². The summed E-state index contributed by atoms with van der Waals surface area (Å²) in [6.07, 6.45) is 5.86. The molecule has 0 amide bonds. The highest BCUT2D eigenvalue weighted by Gasteiger charge is 2.23. The Morgan fingerprint density at radius 1 is 1.14 bits per heavy atom. The third-order valence-electron chi connectivity index (χ3n) is 4.83. The average molecular weight is 417 g/mol. The van der Waals surface area contributed by atoms with Crippen molar-refractivity contribution >= 4 is 39.3 Å². The summed E-state index contributed by atoms with van der Waals surface area (Å²) >= 11 is 3.37. The van der Waals surface area contributed by atoms with Gasteiger partial charge in [-0.1, -0.05) is 13.0 Å². The van der Waals surface area contributed by atoms with Crippen molar-refractivity contribution in [1.29, 1.82) is 0 Å². The van der Waals surface area contributed by atoms with Crippen molar-refractivity contribution in [2.24, 2.45) is 5.73 Å². The number of aromatic nitrogens is 3. The fourth-order valence-corrected chi connectivity index (χ4v) is 4.21. The minimum atomic E-state index is 0.396. The van der Waals surface area contributed by atoms with Crippen LogP contribution in [0.2, 0.25) is 0 Å². The van der Waals surface area contributed by atoms with Gasteiger partial charge in [-0.15, -0.1) is 23.1 Å². The largest absolute Gasteiger partial charge is 0.338 e. The Morgan fingerprint density at radius 3 is 2.46 bits per heavy atom. The molecular formula is C20H28N6S2. The van der Waals surface area contributed by atoms with Gasteiger partial charge in [-0.3, -0.25) is 4.90 Å². The van der Waals surface area contributed by atoms with Gasteiger partial charge in [-0.2, -0.15) is 0 Å². The Labute approximate surface area is 175 Å². The smallest absolute Gasteiger partial charge is 0.225 e. The minimum Gasteiger partial charge on any atom is -0.338 e. The SMILES string of the molecule is CCN.CSc1cnc(N2CCN(C(C)c3ccc4scnc4c3)CC2)nc1. The van der Waals surface area contributed by atoms with E-state index in [-0.39, 0.29) is 0 Å². The van der Waals surface area contributed by atoms with Crippen molar-refractivity contribution in [3.8, 4) is 0 Å². The molecule has 0 aliphatic carbocycles. The molecule has 1 fully saturated rings. The monoisotopic (exact) mass is 416 g/mol. The number of hydrogen-bond donors (Lipinski definition) is 1. The zero-order valence-electron chi connectivity index (χ0n) is 16.7. The zero-order valence-corrected chi connectivity index (χ0v) is 18.3.